The van der Waals surface area contributed by atoms with Gasteiger partial charge in [-0.1, -0.05) is 53.5 Å². The molecular weight excluding hydrogens is 379 g/mol. The number of allylic oxidation sites excluding steroid dienone is 2. The lowest BCUT2D eigenvalue weighted by Crippen LogP contribution is -2.19. The highest BCUT2D eigenvalue weighted by Gasteiger charge is 2.39. The molecule has 0 aliphatic heterocycles. The Bertz CT molecular complexity index is 948. The van der Waals surface area contributed by atoms with Gasteiger partial charge in [-0.15, -0.1) is 0 Å². The summed E-state index contributed by atoms with van der Waals surface area (Å²) in [4.78, 5) is 24.9. The zero-order valence-electron chi connectivity index (χ0n) is 13.7. The Kier molecular flexibility index (Phi) is 4.94. The molecule has 0 radical (unpaired) electrons. The minimum Gasteiger partial charge on any atom is -0.507 e. The molecule has 0 fully saturated rings. The number of aromatic hydroxyl groups is 2. The number of benzene rings is 2. The van der Waals surface area contributed by atoms with E-state index in [0.717, 1.165) is 5.56 Å². The number of phenolic OH excluding ortho intramolecular Hbond substituents is 2. The van der Waals surface area contributed by atoms with Gasteiger partial charge in [0.15, 0.2) is 11.5 Å². The van der Waals surface area contributed by atoms with Gasteiger partial charge in [0, 0.05) is 12.0 Å². The van der Waals surface area contributed by atoms with Crippen LogP contribution in [0.3, 0.4) is 0 Å². The molecule has 0 saturated heterocycles. The average molecular weight is 393 g/mol. The first kappa shape index (κ1) is 18.3. The van der Waals surface area contributed by atoms with Crippen molar-refractivity contribution in [3.8, 4) is 17.2 Å². The van der Waals surface area contributed by atoms with E-state index in [4.69, 9.17) is 27.9 Å². The predicted molar refractivity (Wildman–Crippen MR) is 97.6 cm³/mol. The van der Waals surface area contributed by atoms with E-state index in [0.29, 0.717) is 0 Å². The van der Waals surface area contributed by atoms with Gasteiger partial charge in [0.05, 0.1) is 17.7 Å². The molecule has 0 amide bonds. The summed E-state index contributed by atoms with van der Waals surface area (Å²) in [5, 5.41) is 20.3. The van der Waals surface area contributed by atoms with Crippen LogP contribution in [-0.2, 0) is 6.42 Å². The van der Waals surface area contributed by atoms with Crippen LogP contribution in [0.15, 0.2) is 40.4 Å². The fourth-order valence-corrected chi connectivity index (χ4v) is 3.24. The third-order valence-corrected chi connectivity index (χ3v) is 4.87. The molecule has 5 nitrogen and oxygen atoms in total. The zero-order valence-corrected chi connectivity index (χ0v) is 15.2. The molecule has 0 unspecified atom stereocenters. The number of hydrogen-bond donors (Lipinski definition) is 2. The molecular formula is C19H14Cl2O5. The second-order valence-electron chi connectivity index (χ2n) is 5.64. The normalized spacial score (nSPS) is 13.8. The van der Waals surface area contributed by atoms with Crippen LogP contribution in [0.25, 0.3) is 0 Å². The molecule has 2 aromatic carbocycles. The van der Waals surface area contributed by atoms with Crippen molar-refractivity contribution >= 4 is 34.8 Å². The van der Waals surface area contributed by atoms with Crippen molar-refractivity contribution in [1.82, 2.24) is 0 Å². The van der Waals surface area contributed by atoms with E-state index >= 15 is 0 Å². The molecule has 0 heterocycles. The van der Waals surface area contributed by atoms with Crippen LogP contribution in [0, 0.1) is 0 Å². The number of hydrogen-bond acceptors (Lipinski definition) is 5. The highest BCUT2D eigenvalue weighted by atomic mass is 35.5. The quantitative estimate of drug-likeness (QED) is 0.763. The maximum atomic E-state index is 12.5. The van der Waals surface area contributed by atoms with Gasteiger partial charge in [-0.3, -0.25) is 9.59 Å². The highest BCUT2D eigenvalue weighted by Crippen LogP contribution is 2.48. The third kappa shape index (κ3) is 2.83. The first-order valence-electron chi connectivity index (χ1n) is 7.80. The minimum atomic E-state index is -0.841. The monoisotopic (exact) mass is 392 g/mol. The summed E-state index contributed by atoms with van der Waals surface area (Å²) < 4.78 is 5.47. The van der Waals surface area contributed by atoms with Crippen molar-refractivity contribution in [1.29, 1.82) is 0 Å². The number of halogens is 2. The smallest absolute Gasteiger partial charge is 0.210 e. The molecule has 0 spiro atoms. The molecule has 0 saturated carbocycles. The molecule has 1 aliphatic rings. The molecule has 26 heavy (non-hydrogen) atoms. The molecule has 0 bridgehead atoms. The van der Waals surface area contributed by atoms with Crippen LogP contribution in [0.5, 0.6) is 17.2 Å². The molecule has 2 N–H and O–H groups in total. The van der Waals surface area contributed by atoms with Gasteiger partial charge in [0.2, 0.25) is 11.6 Å². The Morgan fingerprint density at radius 3 is 2.00 bits per heavy atom. The number of rotatable bonds is 4. The summed E-state index contributed by atoms with van der Waals surface area (Å²) in [5.41, 5.74) is 0.244. The van der Waals surface area contributed by atoms with E-state index < -0.39 is 38.7 Å². The van der Waals surface area contributed by atoms with Gasteiger partial charge in [0.25, 0.3) is 0 Å². The Labute approximate surface area is 159 Å². The fourth-order valence-electron chi connectivity index (χ4n) is 2.88. The number of ether oxygens (including phenoxy) is 1. The van der Waals surface area contributed by atoms with Crippen molar-refractivity contribution in [2.24, 2.45) is 0 Å². The largest absolute Gasteiger partial charge is 0.507 e. The Morgan fingerprint density at radius 1 is 0.923 bits per heavy atom. The van der Waals surface area contributed by atoms with Crippen molar-refractivity contribution in [3.05, 3.63) is 62.7 Å². The molecule has 1 aliphatic carbocycles. The third-order valence-electron chi connectivity index (χ3n) is 4.06. The van der Waals surface area contributed by atoms with Crippen LogP contribution in [0.2, 0.25) is 0 Å². The van der Waals surface area contributed by atoms with Crippen molar-refractivity contribution in [2.45, 2.75) is 13.3 Å². The lowest BCUT2D eigenvalue weighted by atomic mass is 9.88. The zero-order chi connectivity index (χ0) is 19.0. The molecule has 0 aromatic heterocycles. The lowest BCUT2D eigenvalue weighted by molar-refractivity contribution is 0.0981. The van der Waals surface area contributed by atoms with Gasteiger partial charge >= 0.3 is 0 Å². The second-order valence-corrected chi connectivity index (χ2v) is 6.39. The summed E-state index contributed by atoms with van der Waals surface area (Å²) in [6.07, 6.45) is 0.180. The molecule has 7 heteroatoms. The van der Waals surface area contributed by atoms with E-state index in [1.165, 1.54) is 0 Å². The van der Waals surface area contributed by atoms with Crippen LogP contribution >= 0.6 is 23.2 Å². The van der Waals surface area contributed by atoms with Crippen molar-refractivity contribution in [2.75, 3.05) is 6.61 Å². The maximum absolute atomic E-state index is 12.5. The second kappa shape index (κ2) is 7.02. The maximum Gasteiger partial charge on any atom is 0.210 e. The Balaban J connectivity index is 2.29. The standard InChI is InChI=1S/C19H14Cl2O5/c1-2-26-19-10(8-9-6-4-3-5-7-9)15(22)11-12(18(19)25)17(24)14(21)13(20)16(11)23/h3-7,22,25H,2,8H2,1H3. The topological polar surface area (TPSA) is 83.8 Å². The van der Waals surface area contributed by atoms with Gasteiger partial charge in [-0.25, -0.2) is 0 Å². The Hall–Kier alpha value is -2.50. The van der Waals surface area contributed by atoms with Crippen molar-refractivity contribution < 1.29 is 24.5 Å². The number of phenols is 2. The summed E-state index contributed by atoms with van der Waals surface area (Å²) in [5.74, 6) is -2.71. The average Bonchev–Trinajstić information content (AvgIpc) is 2.64. The minimum absolute atomic E-state index is 0.0590. The van der Waals surface area contributed by atoms with E-state index in [9.17, 15) is 19.8 Å². The van der Waals surface area contributed by atoms with Crippen LogP contribution in [0.4, 0.5) is 0 Å². The molecule has 0 atom stereocenters. The van der Waals surface area contributed by atoms with Gasteiger partial charge < -0.3 is 14.9 Å². The van der Waals surface area contributed by atoms with E-state index in [2.05, 4.69) is 0 Å². The van der Waals surface area contributed by atoms with E-state index in [1.54, 1.807) is 6.92 Å². The summed E-state index contributed by atoms with van der Waals surface area (Å²) >= 11 is 11.6. The van der Waals surface area contributed by atoms with Crippen molar-refractivity contribution in [3.63, 3.8) is 0 Å². The van der Waals surface area contributed by atoms with Crippen LogP contribution in [-0.4, -0.2) is 28.4 Å². The first-order chi connectivity index (χ1) is 12.4. The molecule has 134 valence electrons. The SMILES string of the molecule is CCOc1c(O)c2c(c(O)c1Cc1ccccc1)C(=O)C(Cl)=C(Cl)C2=O. The molecule has 2 aromatic rings. The fraction of sp³-hybridized carbons (Fsp3) is 0.158. The van der Waals surface area contributed by atoms with Gasteiger partial charge in [-0.05, 0) is 12.5 Å². The van der Waals surface area contributed by atoms with Crippen LogP contribution in [0.1, 0.15) is 38.8 Å². The number of carbonyl (C=O) groups is 2. The lowest BCUT2D eigenvalue weighted by Gasteiger charge is -2.22. The van der Waals surface area contributed by atoms with E-state index in [-0.39, 0.29) is 29.9 Å². The Morgan fingerprint density at radius 2 is 1.46 bits per heavy atom. The van der Waals surface area contributed by atoms with Crippen LogP contribution < -0.4 is 4.74 Å². The first-order valence-corrected chi connectivity index (χ1v) is 8.56. The summed E-state index contributed by atoms with van der Waals surface area (Å²) in [7, 11) is 0. The summed E-state index contributed by atoms with van der Waals surface area (Å²) in [6.45, 7) is 1.87. The number of Topliss-reactive ketones (excluding diaryl/α,β-unsaturated/α-hetero) is 2. The summed E-state index contributed by atoms with van der Waals surface area (Å²) in [6, 6.07) is 9.12. The molecule has 3 rings (SSSR count). The predicted octanol–water partition coefficient (Wildman–Crippen LogP) is 4.16. The number of fused-ring (bicyclic) bond motifs is 1. The highest BCUT2D eigenvalue weighted by molar-refractivity contribution is 6.59. The number of carbonyl (C=O) groups excluding carboxylic acids is 2. The van der Waals surface area contributed by atoms with E-state index in [1.807, 2.05) is 30.3 Å². The van der Waals surface area contributed by atoms with Gasteiger partial charge in [0.1, 0.15) is 15.8 Å². The van der Waals surface area contributed by atoms with Gasteiger partial charge in [-0.2, -0.15) is 0 Å². The number of ketones is 2.